The Labute approximate surface area is 123 Å². The largest absolute Gasteiger partial charge is 0.368 e. The molecule has 2 aromatic rings. The van der Waals surface area contributed by atoms with Gasteiger partial charge in [0.25, 0.3) is 0 Å². The number of hydrogen-bond donors (Lipinski definition) is 2. The summed E-state index contributed by atoms with van der Waals surface area (Å²) in [6.45, 7) is 0. The van der Waals surface area contributed by atoms with Crippen LogP contribution >= 0.6 is 0 Å². The van der Waals surface area contributed by atoms with Crippen LogP contribution in [0, 0.1) is 5.82 Å². The fourth-order valence-electron chi connectivity index (χ4n) is 2.97. The average molecular weight is 284 g/mol. The summed E-state index contributed by atoms with van der Waals surface area (Å²) in [6, 6.07) is 13.8. The minimum absolute atomic E-state index is 0.0478. The Kier molecular flexibility index (Phi) is 3.71. The Bertz CT molecular complexity index is 657. The third-order valence-corrected chi connectivity index (χ3v) is 4.00. The summed E-state index contributed by atoms with van der Waals surface area (Å²) in [4.78, 5) is 11.8. The van der Waals surface area contributed by atoms with Gasteiger partial charge in [-0.1, -0.05) is 42.5 Å². The van der Waals surface area contributed by atoms with Crippen molar-refractivity contribution in [3.63, 3.8) is 0 Å². The molecule has 1 amide bonds. The molecule has 0 radical (unpaired) electrons. The molecule has 0 aliphatic heterocycles. The van der Waals surface area contributed by atoms with E-state index in [0.717, 1.165) is 23.1 Å². The van der Waals surface area contributed by atoms with Gasteiger partial charge in [-0.15, -0.1) is 0 Å². The van der Waals surface area contributed by atoms with Crippen LogP contribution in [0.5, 0.6) is 0 Å². The average Bonchev–Trinajstić information content (AvgIpc) is 2.90. The van der Waals surface area contributed by atoms with Crippen molar-refractivity contribution < 1.29 is 9.18 Å². The highest BCUT2D eigenvalue weighted by molar-refractivity contribution is 5.81. The lowest BCUT2D eigenvalue weighted by Gasteiger charge is -2.21. The maximum atomic E-state index is 13.8. The summed E-state index contributed by atoms with van der Waals surface area (Å²) < 4.78 is 13.8. The highest BCUT2D eigenvalue weighted by atomic mass is 19.1. The van der Waals surface area contributed by atoms with E-state index < -0.39 is 11.9 Å². The zero-order valence-electron chi connectivity index (χ0n) is 11.6. The fraction of sp³-hybridized carbons (Fsp3) is 0.235. The number of fused-ring (bicyclic) bond motifs is 1. The normalized spacial score (nSPS) is 18.2. The highest BCUT2D eigenvalue weighted by Gasteiger charge is 2.29. The number of carbonyl (C=O) groups excluding carboxylic acids is 1. The molecule has 0 aromatic heterocycles. The van der Waals surface area contributed by atoms with Gasteiger partial charge in [0.1, 0.15) is 11.9 Å². The summed E-state index contributed by atoms with van der Waals surface area (Å²) in [5.41, 5.74) is 8.02. The van der Waals surface area contributed by atoms with E-state index in [1.807, 2.05) is 36.4 Å². The summed E-state index contributed by atoms with van der Waals surface area (Å²) in [5.74, 6) is -0.599. The van der Waals surface area contributed by atoms with Gasteiger partial charge in [0.2, 0.25) is 5.91 Å². The number of amides is 1. The van der Waals surface area contributed by atoms with Gasteiger partial charge < -0.3 is 5.73 Å². The van der Waals surface area contributed by atoms with Crippen LogP contribution in [0.2, 0.25) is 0 Å². The number of benzene rings is 2. The smallest absolute Gasteiger partial charge is 0.239 e. The van der Waals surface area contributed by atoms with Crippen molar-refractivity contribution in [2.24, 2.45) is 5.73 Å². The lowest BCUT2D eigenvalue weighted by atomic mass is 10.0. The first-order chi connectivity index (χ1) is 10.2. The van der Waals surface area contributed by atoms with Crippen molar-refractivity contribution in [3.05, 3.63) is 71.0 Å². The molecule has 1 aliphatic rings. The Balaban J connectivity index is 1.87. The van der Waals surface area contributed by atoms with Crippen molar-refractivity contribution in [2.75, 3.05) is 0 Å². The van der Waals surface area contributed by atoms with E-state index in [9.17, 15) is 9.18 Å². The molecule has 0 heterocycles. The zero-order chi connectivity index (χ0) is 14.8. The van der Waals surface area contributed by atoms with Gasteiger partial charge in [0.15, 0.2) is 0 Å². The molecule has 4 heteroatoms. The maximum absolute atomic E-state index is 13.8. The Morgan fingerprint density at radius 2 is 1.95 bits per heavy atom. The van der Waals surface area contributed by atoms with Crippen LogP contribution in [-0.4, -0.2) is 5.91 Å². The minimum Gasteiger partial charge on any atom is -0.368 e. The standard InChI is InChI=1S/C17H17FN2O/c18-14-8-4-7-13-12(14)9-10-15(13)20-16(17(19)21)11-5-2-1-3-6-11/h1-8,15-16,20H,9-10H2,(H2,19,21)/t15-,16+/m1/s1. The number of primary amides is 1. The third kappa shape index (κ3) is 2.67. The van der Waals surface area contributed by atoms with Crippen molar-refractivity contribution in [1.29, 1.82) is 0 Å². The quantitative estimate of drug-likeness (QED) is 0.907. The molecule has 3 N–H and O–H groups in total. The number of nitrogens with two attached hydrogens (primary N) is 1. The monoisotopic (exact) mass is 284 g/mol. The van der Waals surface area contributed by atoms with Crippen molar-refractivity contribution >= 4 is 5.91 Å². The summed E-state index contributed by atoms with van der Waals surface area (Å²) in [6.07, 6.45) is 1.45. The summed E-state index contributed by atoms with van der Waals surface area (Å²) >= 11 is 0. The maximum Gasteiger partial charge on any atom is 0.239 e. The van der Waals surface area contributed by atoms with Crippen LogP contribution in [0.4, 0.5) is 4.39 Å². The Morgan fingerprint density at radius 1 is 1.19 bits per heavy atom. The molecule has 21 heavy (non-hydrogen) atoms. The first-order valence-electron chi connectivity index (χ1n) is 7.04. The van der Waals surface area contributed by atoms with Crippen molar-refractivity contribution in [1.82, 2.24) is 5.32 Å². The van der Waals surface area contributed by atoms with Crippen LogP contribution < -0.4 is 11.1 Å². The van der Waals surface area contributed by atoms with E-state index in [4.69, 9.17) is 5.73 Å². The van der Waals surface area contributed by atoms with E-state index in [0.29, 0.717) is 6.42 Å². The third-order valence-electron chi connectivity index (χ3n) is 4.00. The number of nitrogens with one attached hydrogen (secondary N) is 1. The summed E-state index contributed by atoms with van der Waals surface area (Å²) in [7, 11) is 0. The molecule has 2 aromatic carbocycles. The molecule has 3 nitrogen and oxygen atoms in total. The van der Waals surface area contributed by atoms with Crippen molar-refractivity contribution in [2.45, 2.75) is 24.9 Å². The molecule has 0 spiro atoms. The molecular formula is C17H17FN2O. The predicted molar refractivity (Wildman–Crippen MR) is 79.0 cm³/mol. The lowest BCUT2D eigenvalue weighted by molar-refractivity contribution is -0.120. The molecule has 3 rings (SSSR count). The van der Waals surface area contributed by atoms with Crippen molar-refractivity contribution in [3.8, 4) is 0 Å². The molecule has 1 aliphatic carbocycles. The molecule has 0 bridgehead atoms. The van der Waals surface area contributed by atoms with Gasteiger partial charge in [-0.2, -0.15) is 0 Å². The lowest BCUT2D eigenvalue weighted by Crippen LogP contribution is -2.35. The van der Waals surface area contributed by atoms with E-state index in [1.165, 1.54) is 6.07 Å². The van der Waals surface area contributed by atoms with E-state index in [1.54, 1.807) is 6.07 Å². The fourth-order valence-corrected chi connectivity index (χ4v) is 2.97. The molecule has 0 fully saturated rings. The predicted octanol–water partition coefficient (Wildman–Crippen LogP) is 2.63. The zero-order valence-corrected chi connectivity index (χ0v) is 11.6. The Hall–Kier alpha value is -2.20. The van der Waals surface area contributed by atoms with Crippen LogP contribution in [0.1, 0.15) is 35.2 Å². The number of halogens is 1. The van der Waals surface area contributed by atoms with Gasteiger partial charge in [-0.3, -0.25) is 10.1 Å². The van der Waals surface area contributed by atoms with E-state index in [2.05, 4.69) is 5.32 Å². The van der Waals surface area contributed by atoms with Crippen LogP contribution in [-0.2, 0) is 11.2 Å². The second kappa shape index (κ2) is 5.66. The van der Waals surface area contributed by atoms with Crippen LogP contribution in [0.3, 0.4) is 0 Å². The summed E-state index contributed by atoms with van der Waals surface area (Å²) in [5, 5.41) is 3.27. The first kappa shape index (κ1) is 13.8. The SMILES string of the molecule is NC(=O)[C@@H](N[C@@H]1CCc2c(F)cccc21)c1ccccc1. The molecule has 0 saturated heterocycles. The van der Waals surface area contributed by atoms with Gasteiger partial charge in [-0.25, -0.2) is 4.39 Å². The molecular weight excluding hydrogens is 267 g/mol. The minimum atomic E-state index is -0.564. The van der Waals surface area contributed by atoms with Gasteiger partial charge in [0, 0.05) is 6.04 Å². The van der Waals surface area contributed by atoms with Gasteiger partial charge in [-0.05, 0) is 35.6 Å². The first-order valence-corrected chi connectivity index (χ1v) is 7.04. The second-order valence-corrected chi connectivity index (χ2v) is 5.31. The Morgan fingerprint density at radius 3 is 2.67 bits per heavy atom. The van der Waals surface area contributed by atoms with E-state index in [-0.39, 0.29) is 11.9 Å². The van der Waals surface area contributed by atoms with Gasteiger partial charge >= 0.3 is 0 Å². The molecule has 108 valence electrons. The topological polar surface area (TPSA) is 55.1 Å². The van der Waals surface area contributed by atoms with Gasteiger partial charge in [0.05, 0.1) is 0 Å². The van der Waals surface area contributed by atoms with Crippen LogP contribution in [0.15, 0.2) is 48.5 Å². The second-order valence-electron chi connectivity index (χ2n) is 5.31. The highest BCUT2D eigenvalue weighted by Crippen LogP contribution is 2.34. The number of hydrogen-bond acceptors (Lipinski definition) is 2. The number of rotatable bonds is 4. The molecule has 2 atom stereocenters. The molecule has 0 saturated carbocycles. The van der Waals surface area contributed by atoms with E-state index >= 15 is 0 Å². The molecule has 0 unspecified atom stereocenters. The van der Waals surface area contributed by atoms with Crippen LogP contribution in [0.25, 0.3) is 0 Å². The number of carbonyl (C=O) groups is 1.